The van der Waals surface area contributed by atoms with Gasteiger partial charge < -0.3 is 9.73 Å². The predicted molar refractivity (Wildman–Crippen MR) is 95.3 cm³/mol. The van der Waals surface area contributed by atoms with Gasteiger partial charge in [0.2, 0.25) is 0 Å². The van der Waals surface area contributed by atoms with Gasteiger partial charge in [0.25, 0.3) is 5.91 Å². The molecule has 0 radical (unpaired) electrons. The van der Waals surface area contributed by atoms with Crippen molar-refractivity contribution >= 4 is 16.8 Å². The van der Waals surface area contributed by atoms with Crippen molar-refractivity contribution in [3.63, 3.8) is 0 Å². The number of fused-ring (bicyclic) bond motifs is 1. The van der Waals surface area contributed by atoms with Gasteiger partial charge in [-0.2, -0.15) is 5.10 Å². The number of hydrogen-bond acceptors (Lipinski definition) is 3. The molecule has 5 nitrogen and oxygen atoms in total. The lowest BCUT2D eigenvalue weighted by molar-refractivity contribution is 0.0935. The van der Waals surface area contributed by atoms with E-state index in [0.29, 0.717) is 11.5 Å². The average molecular weight is 331 g/mol. The highest BCUT2D eigenvalue weighted by atomic mass is 16.3. The first-order valence-corrected chi connectivity index (χ1v) is 8.06. The number of aryl methyl sites for hydroxylation is 1. The van der Waals surface area contributed by atoms with Crippen LogP contribution < -0.4 is 5.32 Å². The highest BCUT2D eigenvalue weighted by Crippen LogP contribution is 2.24. The molecule has 0 fully saturated rings. The Bertz CT molecular complexity index is 1000. The number of aromatic amines is 1. The number of nitrogens with zero attached hydrogens (tertiary/aromatic N) is 1. The number of H-pyrrole nitrogens is 1. The van der Waals surface area contributed by atoms with Crippen LogP contribution in [-0.2, 0) is 0 Å². The maximum atomic E-state index is 12.9. The van der Waals surface area contributed by atoms with E-state index in [1.54, 1.807) is 6.26 Å². The molecule has 2 N–H and O–H groups in total. The lowest BCUT2D eigenvalue weighted by Crippen LogP contribution is -2.29. The fourth-order valence-corrected chi connectivity index (χ4v) is 2.92. The SMILES string of the molecule is Cc1ccc2[nH]nc(C(=O)NC(c3ccccc3)c3ccco3)c2c1. The third kappa shape index (κ3) is 2.92. The summed E-state index contributed by atoms with van der Waals surface area (Å²) in [4.78, 5) is 12.9. The molecule has 0 spiro atoms. The average Bonchev–Trinajstić information content (AvgIpc) is 3.29. The van der Waals surface area contributed by atoms with Crippen molar-refractivity contribution in [3.05, 3.63) is 89.5 Å². The summed E-state index contributed by atoms with van der Waals surface area (Å²) in [5.41, 5.74) is 3.24. The van der Waals surface area contributed by atoms with Gasteiger partial charge in [-0.1, -0.05) is 42.0 Å². The van der Waals surface area contributed by atoms with Gasteiger partial charge in [0.15, 0.2) is 5.69 Å². The second-order valence-electron chi connectivity index (χ2n) is 5.95. The number of rotatable bonds is 4. The molecule has 2 aromatic heterocycles. The van der Waals surface area contributed by atoms with Gasteiger partial charge in [-0.15, -0.1) is 0 Å². The molecule has 0 saturated carbocycles. The Morgan fingerprint density at radius 2 is 1.96 bits per heavy atom. The van der Waals surface area contributed by atoms with Crippen LogP contribution in [-0.4, -0.2) is 16.1 Å². The van der Waals surface area contributed by atoms with E-state index < -0.39 is 0 Å². The van der Waals surface area contributed by atoms with E-state index in [9.17, 15) is 4.79 Å². The van der Waals surface area contributed by atoms with Gasteiger partial charge in [0, 0.05) is 5.39 Å². The fraction of sp³-hybridized carbons (Fsp3) is 0.100. The molecule has 1 amide bonds. The van der Waals surface area contributed by atoms with Gasteiger partial charge in [0.1, 0.15) is 11.8 Å². The summed E-state index contributed by atoms with van der Waals surface area (Å²) in [5.74, 6) is 0.428. The van der Waals surface area contributed by atoms with Crippen molar-refractivity contribution in [2.24, 2.45) is 0 Å². The lowest BCUT2D eigenvalue weighted by atomic mass is 10.0. The molecular weight excluding hydrogens is 314 g/mol. The zero-order valence-electron chi connectivity index (χ0n) is 13.7. The molecule has 0 aliphatic heterocycles. The maximum Gasteiger partial charge on any atom is 0.273 e. The summed E-state index contributed by atoms with van der Waals surface area (Å²) in [6.07, 6.45) is 1.60. The number of carbonyl (C=O) groups is 1. The van der Waals surface area contributed by atoms with Crippen LogP contribution in [0.15, 0.2) is 71.3 Å². The summed E-state index contributed by atoms with van der Waals surface area (Å²) in [6.45, 7) is 1.99. The molecular formula is C20H17N3O2. The van der Waals surface area contributed by atoms with E-state index in [-0.39, 0.29) is 11.9 Å². The first-order chi connectivity index (χ1) is 12.2. The fourth-order valence-electron chi connectivity index (χ4n) is 2.92. The van der Waals surface area contributed by atoms with Crippen molar-refractivity contribution in [3.8, 4) is 0 Å². The zero-order valence-corrected chi connectivity index (χ0v) is 13.7. The third-order valence-corrected chi connectivity index (χ3v) is 4.17. The number of benzene rings is 2. The number of nitrogens with one attached hydrogen (secondary N) is 2. The van der Waals surface area contributed by atoms with E-state index in [1.807, 2.05) is 67.6 Å². The predicted octanol–water partition coefficient (Wildman–Crippen LogP) is 3.98. The van der Waals surface area contributed by atoms with Crippen molar-refractivity contribution in [1.29, 1.82) is 0 Å². The zero-order chi connectivity index (χ0) is 17.2. The monoisotopic (exact) mass is 331 g/mol. The van der Waals surface area contributed by atoms with Gasteiger partial charge in [-0.25, -0.2) is 0 Å². The van der Waals surface area contributed by atoms with Gasteiger partial charge in [0.05, 0.1) is 11.8 Å². The number of aromatic nitrogens is 2. The standard InChI is InChI=1S/C20H17N3O2/c1-13-9-10-16-15(12-13)19(23-22-16)20(24)21-18(17-8-5-11-25-17)14-6-3-2-4-7-14/h2-12,18H,1H3,(H,21,24)(H,22,23). The smallest absolute Gasteiger partial charge is 0.273 e. The van der Waals surface area contributed by atoms with Crippen LogP contribution in [0, 0.1) is 6.92 Å². The van der Waals surface area contributed by atoms with Crippen molar-refractivity contribution in [1.82, 2.24) is 15.5 Å². The number of carbonyl (C=O) groups excluding carboxylic acids is 1. The number of furan rings is 1. The molecule has 0 saturated heterocycles. The molecule has 124 valence electrons. The maximum absolute atomic E-state index is 12.9. The molecule has 0 bridgehead atoms. The molecule has 0 aliphatic carbocycles. The third-order valence-electron chi connectivity index (χ3n) is 4.17. The minimum absolute atomic E-state index is 0.248. The van der Waals surface area contributed by atoms with E-state index >= 15 is 0 Å². The van der Waals surface area contributed by atoms with Gasteiger partial charge >= 0.3 is 0 Å². The molecule has 1 unspecified atom stereocenters. The Morgan fingerprint density at radius 3 is 2.72 bits per heavy atom. The Hall–Kier alpha value is -3.34. The molecule has 5 heteroatoms. The van der Waals surface area contributed by atoms with E-state index in [2.05, 4.69) is 15.5 Å². The topological polar surface area (TPSA) is 70.9 Å². The molecule has 2 heterocycles. The van der Waals surface area contributed by atoms with Crippen molar-refractivity contribution < 1.29 is 9.21 Å². The molecule has 4 aromatic rings. The molecule has 4 rings (SSSR count). The molecule has 2 aromatic carbocycles. The molecule has 1 atom stereocenters. The van der Waals surface area contributed by atoms with Crippen LogP contribution in [0.1, 0.15) is 33.4 Å². The summed E-state index contributed by atoms with van der Waals surface area (Å²) in [6, 6.07) is 18.9. The quantitative estimate of drug-likeness (QED) is 0.594. The minimum Gasteiger partial charge on any atom is -0.467 e. The molecule has 0 aliphatic rings. The second-order valence-corrected chi connectivity index (χ2v) is 5.95. The summed E-state index contributed by atoms with van der Waals surface area (Å²) < 4.78 is 5.53. The number of hydrogen-bond donors (Lipinski definition) is 2. The highest BCUT2D eigenvalue weighted by Gasteiger charge is 2.22. The Kier molecular flexibility index (Phi) is 3.82. The summed E-state index contributed by atoms with van der Waals surface area (Å²) in [7, 11) is 0. The van der Waals surface area contributed by atoms with Crippen molar-refractivity contribution in [2.75, 3.05) is 0 Å². The first-order valence-electron chi connectivity index (χ1n) is 8.06. The molecule has 25 heavy (non-hydrogen) atoms. The minimum atomic E-state index is -0.375. The van der Waals surface area contributed by atoms with E-state index in [4.69, 9.17) is 4.42 Å². The number of amides is 1. The summed E-state index contributed by atoms with van der Waals surface area (Å²) >= 11 is 0. The summed E-state index contributed by atoms with van der Waals surface area (Å²) in [5, 5.41) is 11.0. The van der Waals surface area contributed by atoms with Crippen LogP contribution in [0.4, 0.5) is 0 Å². The van der Waals surface area contributed by atoms with Crippen LogP contribution in [0.3, 0.4) is 0 Å². The van der Waals surface area contributed by atoms with E-state index in [1.165, 1.54) is 0 Å². The van der Waals surface area contributed by atoms with Crippen LogP contribution >= 0.6 is 0 Å². The Balaban J connectivity index is 1.70. The Labute approximate surface area is 144 Å². The largest absolute Gasteiger partial charge is 0.467 e. The Morgan fingerprint density at radius 1 is 1.12 bits per heavy atom. The first kappa shape index (κ1) is 15.2. The van der Waals surface area contributed by atoms with E-state index in [0.717, 1.165) is 22.0 Å². The second kappa shape index (κ2) is 6.28. The van der Waals surface area contributed by atoms with Crippen molar-refractivity contribution in [2.45, 2.75) is 13.0 Å². The highest BCUT2D eigenvalue weighted by molar-refractivity contribution is 6.05. The van der Waals surface area contributed by atoms with Gasteiger partial charge in [-0.05, 0) is 36.8 Å². The van der Waals surface area contributed by atoms with Gasteiger partial charge in [-0.3, -0.25) is 9.89 Å². The normalized spacial score (nSPS) is 12.2. The van der Waals surface area contributed by atoms with Crippen LogP contribution in [0.25, 0.3) is 10.9 Å². The lowest BCUT2D eigenvalue weighted by Gasteiger charge is -2.16. The van der Waals surface area contributed by atoms with Crippen LogP contribution in [0.2, 0.25) is 0 Å². The van der Waals surface area contributed by atoms with Crippen LogP contribution in [0.5, 0.6) is 0 Å².